The van der Waals surface area contributed by atoms with Gasteiger partial charge in [0.15, 0.2) is 5.82 Å². The highest BCUT2D eigenvalue weighted by molar-refractivity contribution is 5.94. The summed E-state index contributed by atoms with van der Waals surface area (Å²) in [5.41, 5.74) is 1.56. The monoisotopic (exact) mass is 353 g/mol. The molecule has 26 heavy (non-hydrogen) atoms. The van der Waals surface area contributed by atoms with Gasteiger partial charge in [0.2, 0.25) is 0 Å². The Hall–Kier alpha value is -2.69. The summed E-state index contributed by atoms with van der Waals surface area (Å²) in [6, 6.07) is 12.3. The van der Waals surface area contributed by atoms with Gasteiger partial charge in [0.25, 0.3) is 5.91 Å². The van der Waals surface area contributed by atoms with Crippen LogP contribution in [0.2, 0.25) is 0 Å². The second kappa shape index (κ2) is 8.13. The number of benzene rings is 1. The van der Waals surface area contributed by atoms with E-state index in [0.29, 0.717) is 18.7 Å². The smallest absolute Gasteiger partial charge is 0.256 e. The number of carbonyl (C=O) groups is 1. The molecule has 1 aliphatic rings. The predicted octanol–water partition coefficient (Wildman–Crippen LogP) is 2.18. The minimum absolute atomic E-state index is 0.111. The maximum absolute atomic E-state index is 12.6. The van der Waals surface area contributed by atoms with E-state index in [-0.39, 0.29) is 17.8 Å². The summed E-state index contributed by atoms with van der Waals surface area (Å²) in [5.74, 6) is 0.0169. The van der Waals surface area contributed by atoms with Crippen molar-refractivity contribution in [3.63, 3.8) is 0 Å². The maximum atomic E-state index is 12.6. The van der Waals surface area contributed by atoms with Crippen molar-refractivity contribution in [2.75, 3.05) is 25.0 Å². The number of anilines is 1. The van der Waals surface area contributed by atoms with E-state index in [1.54, 1.807) is 10.9 Å². The molecule has 1 unspecified atom stereocenters. The number of aromatic nitrogens is 2. The van der Waals surface area contributed by atoms with Gasteiger partial charge in [-0.1, -0.05) is 30.3 Å². The topological polar surface area (TPSA) is 83.2 Å². The minimum atomic E-state index is -0.580. The molecule has 1 fully saturated rings. The lowest BCUT2D eigenvalue weighted by Gasteiger charge is -2.32. The SMILES string of the molecule is CC(C)n1cc(C#N)c(NC(=O)C2CN(Cc3ccccc3)CCO2)n1. The summed E-state index contributed by atoms with van der Waals surface area (Å²) in [7, 11) is 0. The largest absolute Gasteiger partial charge is 0.366 e. The summed E-state index contributed by atoms with van der Waals surface area (Å²) in [6.45, 7) is 6.49. The van der Waals surface area contributed by atoms with Crippen molar-refractivity contribution < 1.29 is 9.53 Å². The summed E-state index contributed by atoms with van der Waals surface area (Å²) in [4.78, 5) is 14.8. The van der Waals surface area contributed by atoms with Crippen LogP contribution >= 0.6 is 0 Å². The molecule has 2 aromatic rings. The number of hydrogen-bond donors (Lipinski definition) is 1. The van der Waals surface area contributed by atoms with Gasteiger partial charge in [-0.3, -0.25) is 14.4 Å². The molecular formula is C19H23N5O2. The van der Waals surface area contributed by atoms with Gasteiger partial charge in [-0.15, -0.1) is 0 Å². The number of amides is 1. The fraction of sp³-hybridized carbons (Fsp3) is 0.421. The van der Waals surface area contributed by atoms with E-state index in [9.17, 15) is 10.1 Å². The molecule has 7 nitrogen and oxygen atoms in total. The van der Waals surface area contributed by atoms with Crippen LogP contribution in [0.1, 0.15) is 31.0 Å². The maximum Gasteiger partial charge on any atom is 0.256 e. The molecule has 0 radical (unpaired) electrons. The van der Waals surface area contributed by atoms with E-state index in [1.165, 1.54) is 5.56 Å². The molecule has 7 heteroatoms. The number of ether oxygens (including phenoxy) is 1. The quantitative estimate of drug-likeness (QED) is 0.891. The normalized spacial score (nSPS) is 17.8. The third-order valence-corrected chi connectivity index (χ3v) is 4.32. The number of hydrogen-bond acceptors (Lipinski definition) is 5. The zero-order valence-electron chi connectivity index (χ0n) is 15.1. The molecule has 2 heterocycles. The number of morpholine rings is 1. The average Bonchev–Trinajstić information content (AvgIpc) is 3.06. The van der Waals surface area contributed by atoms with Crippen LogP contribution in [-0.4, -0.2) is 46.4 Å². The standard InChI is InChI=1S/C19H23N5O2/c1-14(2)24-12-16(10-20)18(22-24)21-19(25)17-13-23(8-9-26-17)11-15-6-4-3-5-7-15/h3-7,12,14,17H,8-9,11,13H2,1-2H3,(H,21,22,25). The summed E-state index contributed by atoms with van der Waals surface area (Å²) < 4.78 is 7.30. The fourth-order valence-electron chi connectivity index (χ4n) is 2.87. The molecular weight excluding hydrogens is 330 g/mol. The third kappa shape index (κ3) is 4.28. The lowest BCUT2D eigenvalue weighted by atomic mass is 10.2. The summed E-state index contributed by atoms with van der Waals surface area (Å²) >= 11 is 0. The number of rotatable bonds is 5. The predicted molar refractivity (Wildman–Crippen MR) is 97.4 cm³/mol. The molecule has 1 aromatic carbocycles. The first-order valence-electron chi connectivity index (χ1n) is 8.75. The molecule has 0 spiro atoms. The number of nitrogens with zero attached hydrogens (tertiary/aromatic N) is 4. The molecule has 136 valence electrons. The van der Waals surface area contributed by atoms with Crippen LogP contribution in [-0.2, 0) is 16.1 Å². The lowest BCUT2D eigenvalue weighted by molar-refractivity contribution is -0.133. The third-order valence-electron chi connectivity index (χ3n) is 4.32. The highest BCUT2D eigenvalue weighted by Crippen LogP contribution is 2.17. The Bertz CT molecular complexity index is 794. The van der Waals surface area contributed by atoms with Crippen molar-refractivity contribution in [3.05, 3.63) is 47.7 Å². The second-order valence-corrected chi connectivity index (χ2v) is 6.65. The Kier molecular flexibility index (Phi) is 5.66. The Morgan fingerprint density at radius 3 is 2.88 bits per heavy atom. The van der Waals surface area contributed by atoms with Crippen molar-refractivity contribution in [1.82, 2.24) is 14.7 Å². The molecule has 1 N–H and O–H groups in total. The second-order valence-electron chi connectivity index (χ2n) is 6.65. The zero-order chi connectivity index (χ0) is 18.5. The lowest BCUT2D eigenvalue weighted by Crippen LogP contribution is -2.47. The molecule has 0 saturated carbocycles. The van der Waals surface area contributed by atoms with E-state index in [4.69, 9.17) is 4.74 Å². The molecule has 1 aromatic heterocycles. The molecule has 1 atom stereocenters. The van der Waals surface area contributed by atoms with Crippen molar-refractivity contribution in [2.24, 2.45) is 0 Å². The van der Waals surface area contributed by atoms with Crippen LogP contribution in [0, 0.1) is 11.3 Å². The van der Waals surface area contributed by atoms with Crippen LogP contribution in [0.15, 0.2) is 36.5 Å². The van der Waals surface area contributed by atoms with Gasteiger partial charge in [-0.2, -0.15) is 10.4 Å². The van der Waals surface area contributed by atoms with Crippen LogP contribution in [0.5, 0.6) is 0 Å². The van der Waals surface area contributed by atoms with Gasteiger partial charge < -0.3 is 10.1 Å². The Labute approximate surface area is 153 Å². The molecule has 0 bridgehead atoms. The van der Waals surface area contributed by atoms with Crippen LogP contribution in [0.25, 0.3) is 0 Å². The first-order valence-corrected chi connectivity index (χ1v) is 8.75. The van der Waals surface area contributed by atoms with Gasteiger partial charge in [0.1, 0.15) is 17.7 Å². The number of carbonyl (C=O) groups excluding carboxylic acids is 1. The van der Waals surface area contributed by atoms with E-state index < -0.39 is 6.10 Å². The Morgan fingerprint density at radius 2 is 2.19 bits per heavy atom. The molecule has 0 aliphatic carbocycles. The average molecular weight is 353 g/mol. The molecule has 1 aliphatic heterocycles. The van der Waals surface area contributed by atoms with Crippen molar-refractivity contribution >= 4 is 11.7 Å². The molecule has 1 saturated heterocycles. The fourth-order valence-corrected chi connectivity index (χ4v) is 2.87. The zero-order valence-corrected chi connectivity index (χ0v) is 15.1. The Morgan fingerprint density at radius 1 is 1.42 bits per heavy atom. The first kappa shape index (κ1) is 18.1. The summed E-state index contributed by atoms with van der Waals surface area (Å²) in [6.07, 6.45) is 1.06. The van der Waals surface area contributed by atoms with Crippen LogP contribution in [0.3, 0.4) is 0 Å². The highest BCUT2D eigenvalue weighted by Gasteiger charge is 2.28. The van der Waals surface area contributed by atoms with Crippen LogP contribution < -0.4 is 5.32 Å². The van der Waals surface area contributed by atoms with E-state index in [2.05, 4.69) is 33.5 Å². The highest BCUT2D eigenvalue weighted by atomic mass is 16.5. The van der Waals surface area contributed by atoms with Crippen molar-refractivity contribution in [3.8, 4) is 6.07 Å². The molecule has 3 rings (SSSR count). The van der Waals surface area contributed by atoms with Gasteiger partial charge in [0.05, 0.1) is 6.61 Å². The van der Waals surface area contributed by atoms with Gasteiger partial charge in [-0.25, -0.2) is 0 Å². The molecule has 1 amide bonds. The van der Waals surface area contributed by atoms with Gasteiger partial charge in [-0.05, 0) is 19.4 Å². The van der Waals surface area contributed by atoms with E-state index in [0.717, 1.165) is 13.1 Å². The number of nitrogens with one attached hydrogen (secondary N) is 1. The van der Waals surface area contributed by atoms with Gasteiger partial charge in [0, 0.05) is 31.9 Å². The van der Waals surface area contributed by atoms with E-state index in [1.807, 2.05) is 32.0 Å². The number of nitriles is 1. The summed E-state index contributed by atoms with van der Waals surface area (Å²) in [5, 5.41) is 16.3. The minimum Gasteiger partial charge on any atom is -0.366 e. The van der Waals surface area contributed by atoms with Crippen molar-refractivity contribution in [1.29, 1.82) is 5.26 Å². The Balaban J connectivity index is 1.63. The van der Waals surface area contributed by atoms with Gasteiger partial charge >= 0.3 is 0 Å². The van der Waals surface area contributed by atoms with E-state index >= 15 is 0 Å². The van der Waals surface area contributed by atoms with Crippen LogP contribution in [0.4, 0.5) is 5.82 Å². The first-order chi connectivity index (χ1) is 12.6. The van der Waals surface area contributed by atoms with Crippen molar-refractivity contribution in [2.45, 2.75) is 32.5 Å².